The lowest BCUT2D eigenvalue weighted by Gasteiger charge is -2.25. The lowest BCUT2D eigenvalue weighted by Crippen LogP contribution is -2.26. The van der Waals surface area contributed by atoms with Gasteiger partial charge in [0.05, 0.1) is 5.60 Å². The number of carbonyl (C=O) groups excluding carboxylic acids is 1. The molecule has 0 aliphatic heterocycles. The van der Waals surface area contributed by atoms with E-state index < -0.39 is 17.7 Å². The summed E-state index contributed by atoms with van der Waals surface area (Å²) in [7, 11) is 0. The standard InChI is InChI=1S/C23H36O5/c1-6-18(7-2)14-17(5)22(25)28-16-20(24)15-27-21-12-10-19(11-13-21)23(26,8-3)9-4/h10-14,18,20,24,26H,6-9,15-16H2,1-5H3. The van der Waals surface area contributed by atoms with Crippen molar-refractivity contribution in [1.29, 1.82) is 0 Å². The number of hydrogen-bond donors (Lipinski definition) is 2. The summed E-state index contributed by atoms with van der Waals surface area (Å²) in [6, 6.07) is 7.21. The number of aliphatic hydroxyl groups is 2. The summed E-state index contributed by atoms with van der Waals surface area (Å²) in [6.45, 7) is 9.72. The summed E-state index contributed by atoms with van der Waals surface area (Å²) in [5.41, 5.74) is 0.586. The van der Waals surface area contributed by atoms with Gasteiger partial charge in [0.2, 0.25) is 0 Å². The van der Waals surface area contributed by atoms with Crippen molar-refractivity contribution in [1.82, 2.24) is 0 Å². The van der Waals surface area contributed by atoms with Crippen molar-refractivity contribution in [2.45, 2.75) is 72.0 Å². The highest BCUT2D eigenvalue weighted by molar-refractivity contribution is 5.87. The Labute approximate surface area is 169 Å². The maximum atomic E-state index is 12.0. The van der Waals surface area contributed by atoms with E-state index in [9.17, 15) is 15.0 Å². The molecular weight excluding hydrogens is 356 g/mol. The Morgan fingerprint density at radius 3 is 2.14 bits per heavy atom. The predicted molar refractivity (Wildman–Crippen MR) is 111 cm³/mol. The number of rotatable bonds is 12. The first-order valence-electron chi connectivity index (χ1n) is 10.3. The maximum absolute atomic E-state index is 12.0. The second kappa shape index (κ2) is 11.9. The van der Waals surface area contributed by atoms with Gasteiger partial charge in [0, 0.05) is 5.57 Å². The summed E-state index contributed by atoms with van der Waals surface area (Å²) >= 11 is 0. The van der Waals surface area contributed by atoms with E-state index in [1.807, 2.05) is 32.1 Å². The third-order valence-corrected chi connectivity index (χ3v) is 5.27. The molecular formula is C23H36O5. The summed E-state index contributed by atoms with van der Waals surface area (Å²) in [6.07, 6.45) is 4.25. The van der Waals surface area contributed by atoms with Crippen LogP contribution in [0.5, 0.6) is 5.75 Å². The quantitative estimate of drug-likeness (QED) is 0.408. The van der Waals surface area contributed by atoms with Gasteiger partial charge in [-0.15, -0.1) is 0 Å². The molecule has 0 spiro atoms. The van der Waals surface area contributed by atoms with Crippen molar-refractivity contribution in [3.05, 3.63) is 41.5 Å². The van der Waals surface area contributed by atoms with Crippen molar-refractivity contribution in [2.24, 2.45) is 5.92 Å². The molecule has 2 N–H and O–H groups in total. The number of ether oxygens (including phenoxy) is 2. The van der Waals surface area contributed by atoms with Gasteiger partial charge in [-0.05, 0) is 56.2 Å². The molecule has 0 fully saturated rings. The van der Waals surface area contributed by atoms with Crippen molar-refractivity contribution < 1.29 is 24.5 Å². The molecule has 0 aliphatic carbocycles. The molecule has 0 amide bonds. The largest absolute Gasteiger partial charge is 0.491 e. The summed E-state index contributed by atoms with van der Waals surface area (Å²) in [5, 5.41) is 20.5. The first kappa shape index (κ1) is 24.2. The van der Waals surface area contributed by atoms with Crippen LogP contribution in [0, 0.1) is 5.92 Å². The zero-order valence-electron chi connectivity index (χ0n) is 17.9. The number of aliphatic hydroxyl groups excluding tert-OH is 1. The minimum Gasteiger partial charge on any atom is -0.491 e. The van der Waals surface area contributed by atoms with Crippen LogP contribution in [0.2, 0.25) is 0 Å². The van der Waals surface area contributed by atoms with Crippen LogP contribution < -0.4 is 4.74 Å². The van der Waals surface area contributed by atoms with Crippen LogP contribution in [0.3, 0.4) is 0 Å². The molecule has 0 aliphatic rings. The van der Waals surface area contributed by atoms with Gasteiger partial charge in [-0.25, -0.2) is 4.79 Å². The molecule has 0 heterocycles. The van der Waals surface area contributed by atoms with Crippen LogP contribution in [-0.4, -0.2) is 35.5 Å². The highest BCUT2D eigenvalue weighted by Crippen LogP contribution is 2.29. The van der Waals surface area contributed by atoms with Crippen LogP contribution in [0.4, 0.5) is 0 Å². The zero-order chi connectivity index (χ0) is 21.2. The topological polar surface area (TPSA) is 76.0 Å². The van der Waals surface area contributed by atoms with Gasteiger partial charge in [0.25, 0.3) is 0 Å². The highest BCUT2D eigenvalue weighted by atomic mass is 16.5. The molecule has 1 atom stereocenters. The minimum atomic E-state index is -0.909. The molecule has 0 radical (unpaired) electrons. The van der Waals surface area contributed by atoms with E-state index in [-0.39, 0.29) is 13.2 Å². The monoisotopic (exact) mass is 392 g/mol. The fourth-order valence-electron chi connectivity index (χ4n) is 2.99. The van der Waals surface area contributed by atoms with Gasteiger partial charge in [-0.1, -0.05) is 45.9 Å². The number of allylic oxidation sites excluding steroid dienone is 1. The Morgan fingerprint density at radius 2 is 1.64 bits per heavy atom. The Kier molecular flexibility index (Phi) is 10.3. The molecule has 0 aromatic heterocycles. The average Bonchev–Trinajstić information content (AvgIpc) is 2.73. The molecule has 28 heavy (non-hydrogen) atoms. The van der Waals surface area contributed by atoms with Crippen molar-refractivity contribution in [3.63, 3.8) is 0 Å². The fourth-order valence-corrected chi connectivity index (χ4v) is 2.99. The summed E-state index contributed by atoms with van der Waals surface area (Å²) in [5.74, 6) is 0.545. The van der Waals surface area contributed by atoms with E-state index >= 15 is 0 Å². The second-order valence-electron chi connectivity index (χ2n) is 7.25. The van der Waals surface area contributed by atoms with E-state index in [4.69, 9.17) is 9.47 Å². The lowest BCUT2D eigenvalue weighted by molar-refractivity contribution is -0.142. The molecule has 158 valence electrons. The predicted octanol–water partition coefficient (Wildman–Crippen LogP) is 4.36. The Balaban J connectivity index is 2.48. The Hall–Kier alpha value is -1.85. The van der Waals surface area contributed by atoms with E-state index in [0.29, 0.717) is 30.1 Å². The smallest absolute Gasteiger partial charge is 0.333 e. The Morgan fingerprint density at radius 1 is 1.07 bits per heavy atom. The first-order chi connectivity index (χ1) is 13.3. The maximum Gasteiger partial charge on any atom is 0.333 e. The van der Waals surface area contributed by atoms with Crippen LogP contribution in [0.15, 0.2) is 35.9 Å². The number of benzene rings is 1. The van der Waals surface area contributed by atoms with Gasteiger partial charge in [0.1, 0.15) is 25.1 Å². The van der Waals surface area contributed by atoms with Crippen LogP contribution in [-0.2, 0) is 15.1 Å². The molecule has 5 nitrogen and oxygen atoms in total. The number of hydrogen-bond acceptors (Lipinski definition) is 5. The molecule has 1 unspecified atom stereocenters. The highest BCUT2D eigenvalue weighted by Gasteiger charge is 2.24. The molecule has 1 aromatic rings. The van der Waals surface area contributed by atoms with Gasteiger partial charge in [-0.2, -0.15) is 0 Å². The van der Waals surface area contributed by atoms with E-state index in [2.05, 4.69) is 13.8 Å². The molecule has 0 bridgehead atoms. The molecule has 5 heteroatoms. The van der Waals surface area contributed by atoms with Crippen molar-refractivity contribution >= 4 is 5.97 Å². The average molecular weight is 393 g/mol. The third-order valence-electron chi connectivity index (χ3n) is 5.27. The molecule has 0 saturated carbocycles. The second-order valence-corrected chi connectivity index (χ2v) is 7.25. The van der Waals surface area contributed by atoms with Gasteiger partial charge < -0.3 is 19.7 Å². The SMILES string of the molecule is CCC(C=C(C)C(=O)OCC(O)COc1ccc(C(O)(CC)CC)cc1)CC. The van der Waals surface area contributed by atoms with Gasteiger partial charge >= 0.3 is 5.97 Å². The van der Waals surface area contributed by atoms with Crippen LogP contribution in [0.1, 0.15) is 65.9 Å². The van der Waals surface area contributed by atoms with Gasteiger partial charge in [-0.3, -0.25) is 0 Å². The van der Waals surface area contributed by atoms with Crippen molar-refractivity contribution in [3.8, 4) is 5.75 Å². The van der Waals surface area contributed by atoms with E-state index in [0.717, 1.165) is 18.4 Å². The van der Waals surface area contributed by atoms with Crippen LogP contribution >= 0.6 is 0 Å². The van der Waals surface area contributed by atoms with E-state index in [1.54, 1.807) is 19.1 Å². The number of carbonyl (C=O) groups is 1. The number of esters is 1. The van der Waals surface area contributed by atoms with Crippen LogP contribution in [0.25, 0.3) is 0 Å². The van der Waals surface area contributed by atoms with E-state index in [1.165, 1.54) is 0 Å². The minimum absolute atomic E-state index is 0.0216. The summed E-state index contributed by atoms with van der Waals surface area (Å²) in [4.78, 5) is 12.0. The normalized spacial score (nSPS) is 13.5. The molecule has 1 aromatic carbocycles. The summed E-state index contributed by atoms with van der Waals surface area (Å²) < 4.78 is 10.7. The fraction of sp³-hybridized carbons (Fsp3) is 0.609. The van der Waals surface area contributed by atoms with Crippen molar-refractivity contribution in [2.75, 3.05) is 13.2 Å². The first-order valence-corrected chi connectivity index (χ1v) is 10.3. The molecule has 0 saturated heterocycles. The molecule has 1 rings (SSSR count). The third kappa shape index (κ3) is 7.28. The Bertz CT molecular complexity index is 612. The lowest BCUT2D eigenvalue weighted by atomic mass is 9.89. The van der Waals surface area contributed by atoms with Gasteiger partial charge in [0.15, 0.2) is 0 Å². The zero-order valence-corrected chi connectivity index (χ0v) is 17.9.